The molecular weight excluding hydrogens is 460 g/mol. The van der Waals surface area contributed by atoms with Crippen LogP contribution in [0.4, 0.5) is 0 Å². The van der Waals surface area contributed by atoms with Crippen LogP contribution < -0.4 is 20.7 Å². The number of carbonyl (C=O) groups is 3. The third-order valence-electron chi connectivity index (χ3n) is 7.75. The Balaban J connectivity index is 1.55. The lowest BCUT2D eigenvalue weighted by Crippen LogP contribution is -2.58. The maximum Gasteiger partial charge on any atom is 0.247 e. The number of likely N-dealkylation sites (N-methyl/N-ethyl adjacent to an activating group) is 1. The molecule has 198 valence electrons. The summed E-state index contributed by atoms with van der Waals surface area (Å²) in [6.45, 7) is 8.66. The molecule has 3 N–H and O–H groups in total. The van der Waals surface area contributed by atoms with Crippen LogP contribution in [0.1, 0.15) is 70.5 Å². The Morgan fingerprint density at radius 3 is 2.72 bits per heavy atom. The number of hydrogen-bond acceptors (Lipinski definition) is 6. The smallest absolute Gasteiger partial charge is 0.247 e. The number of fused-ring (bicyclic) bond motifs is 2. The average molecular weight is 501 g/mol. The number of aryl methyl sites for hydroxylation is 1. The van der Waals surface area contributed by atoms with Gasteiger partial charge in [0.25, 0.3) is 0 Å². The normalized spacial score (nSPS) is 27.9. The van der Waals surface area contributed by atoms with Crippen LogP contribution >= 0.6 is 0 Å². The van der Waals surface area contributed by atoms with E-state index in [0.29, 0.717) is 26.1 Å². The molecule has 5 unspecified atom stereocenters. The molecule has 36 heavy (non-hydrogen) atoms. The lowest BCUT2D eigenvalue weighted by atomic mass is 9.82. The summed E-state index contributed by atoms with van der Waals surface area (Å²) in [5.41, 5.74) is 1.82. The van der Waals surface area contributed by atoms with Gasteiger partial charge in [-0.25, -0.2) is 0 Å². The maximum absolute atomic E-state index is 13.8. The first-order chi connectivity index (χ1) is 17.2. The quantitative estimate of drug-likeness (QED) is 0.529. The molecule has 2 heterocycles. The van der Waals surface area contributed by atoms with Gasteiger partial charge in [-0.3, -0.25) is 14.4 Å². The number of hydrogen-bond donors (Lipinski definition) is 3. The molecule has 9 heteroatoms. The highest BCUT2D eigenvalue weighted by Gasteiger charge is 2.55. The minimum absolute atomic E-state index is 0.123. The molecule has 2 saturated heterocycles. The molecule has 4 rings (SSSR count). The molecule has 2 aliphatic heterocycles. The number of benzene rings is 1. The van der Waals surface area contributed by atoms with Gasteiger partial charge in [0.05, 0.1) is 25.3 Å². The molecule has 0 spiro atoms. The summed E-state index contributed by atoms with van der Waals surface area (Å²) in [6.07, 6.45) is 3.20. The fourth-order valence-electron chi connectivity index (χ4n) is 5.73. The van der Waals surface area contributed by atoms with Crippen LogP contribution in [0.2, 0.25) is 0 Å². The first-order valence-corrected chi connectivity index (χ1v) is 13.1. The second kappa shape index (κ2) is 10.8. The molecule has 0 radical (unpaired) electrons. The summed E-state index contributed by atoms with van der Waals surface area (Å²) < 4.78 is 11.7. The van der Waals surface area contributed by atoms with Gasteiger partial charge in [0.15, 0.2) is 0 Å². The first kappa shape index (κ1) is 26.4. The summed E-state index contributed by atoms with van der Waals surface area (Å²) >= 11 is 0. The predicted molar refractivity (Wildman–Crippen MR) is 135 cm³/mol. The zero-order chi connectivity index (χ0) is 26.0. The van der Waals surface area contributed by atoms with E-state index >= 15 is 0 Å². The molecule has 3 aliphatic rings. The number of nitrogens with zero attached hydrogens (tertiary/aromatic N) is 1. The van der Waals surface area contributed by atoms with Crippen molar-refractivity contribution >= 4 is 17.7 Å². The zero-order valence-electron chi connectivity index (χ0n) is 22.1. The van der Waals surface area contributed by atoms with Crippen molar-refractivity contribution in [3.63, 3.8) is 0 Å². The summed E-state index contributed by atoms with van der Waals surface area (Å²) in [5.74, 6) is 0.155. The average Bonchev–Trinajstić information content (AvgIpc) is 3.04. The van der Waals surface area contributed by atoms with E-state index in [9.17, 15) is 14.4 Å². The SMILES string of the molecule is CCOc1ccc2c(c1)CCCC2NC(=O)C1N2C(=O)C(NC(=O)C(C)NC)CCOC2CC1(C)C. The minimum Gasteiger partial charge on any atom is -0.494 e. The van der Waals surface area contributed by atoms with E-state index in [1.165, 1.54) is 5.56 Å². The van der Waals surface area contributed by atoms with E-state index < -0.39 is 29.8 Å². The van der Waals surface area contributed by atoms with Crippen LogP contribution in [0.25, 0.3) is 0 Å². The second-order valence-corrected chi connectivity index (χ2v) is 10.8. The van der Waals surface area contributed by atoms with Crippen LogP contribution in [0.5, 0.6) is 5.75 Å². The Bertz CT molecular complexity index is 996. The Labute approximate surface area is 213 Å². The van der Waals surface area contributed by atoms with Gasteiger partial charge < -0.3 is 30.3 Å². The number of rotatable bonds is 7. The summed E-state index contributed by atoms with van der Waals surface area (Å²) in [6, 6.07) is 4.09. The predicted octanol–water partition coefficient (Wildman–Crippen LogP) is 2.05. The minimum atomic E-state index is -0.727. The third kappa shape index (κ3) is 5.22. The molecule has 1 aromatic rings. The Kier molecular flexibility index (Phi) is 7.90. The van der Waals surface area contributed by atoms with Crippen molar-refractivity contribution in [3.8, 4) is 5.75 Å². The fourth-order valence-corrected chi connectivity index (χ4v) is 5.73. The highest BCUT2D eigenvalue weighted by Crippen LogP contribution is 2.43. The Morgan fingerprint density at radius 1 is 1.22 bits per heavy atom. The van der Waals surface area contributed by atoms with Crippen molar-refractivity contribution in [1.29, 1.82) is 0 Å². The van der Waals surface area contributed by atoms with Crippen molar-refractivity contribution in [1.82, 2.24) is 20.9 Å². The van der Waals surface area contributed by atoms with E-state index in [1.54, 1.807) is 18.9 Å². The van der Waals surface area contributed by atoms with Gasteiger partial charge in [0, 0.05) is 6.42 Å². The molecule has 2 fully saturated rings. The zero-order valence-corrected chi connectivity index (χ0v) is 22.1. The number of amides is 3. The van der Waals surface area contributed by atoms with Gasteiger partial charge in [0.1, 0.15) is 24.1 Å². The second-order valence-electron chi connectivity index (χ2n) is 10.8. The van der Waals surface area contributed by atoms with Crippen LogP contribution in [0.3, 0.4) is 0 Å². The topological polar surface area (TPSA) is 109 Å². The van der Waals surface area contributed by atoms with Crippen molar-refractivity contribution in [3.05, 3.63) is 29.3 Å². The van der Waals surface area contributed by atoms with Crippen LogP contribution in [-0.2, 0) is 25.5 Å². The van der Waals surface area contributed by atoms with Crippen molar-refractivity contribution in [2.75, 3.05) is 20.3 Å². The summed E-state index contributed by atoms with van der Waals surface area (Å²) in [4.78, 5) is 41.6. The van der Waals surface area contributed by atoms with Gasteiger partial charge in [0.2, 0.25) is 17.7 Å². The molecule has 1 aliphatic carbocycles. The Hall–Kier alpha value is -2.65. The number of nitrogens with one attached hydrogen (secondary N) is 3. The summed E-state index contributed by atoms with van der Waals surface area (Å²) in [5, 5.41) is 9.00. The standard InChI is InChI=1S/C27H40N4O5/c1-6-35-18-10-11-19-17(14-18)8-7-9-20(19)29-25(33)23-27(3,4)15-22-31(23)26(34)21(12-13-36-22)30-24(32)16(2)28-5/h10-11,14,16,20-23,28H,6-9,12-13,15H2,1-5H3,(H,29,33)(H,30,32). The van der Waals surface area contributed by atoms with Crippen LogP contribution in [-0.4, -0.2) is 67.2 Å². The molecule has 0 aromatic heterocycles. The van der Waals surface area contributed by atoms with Crippen molar-refractivity contribution in [2.45, 2.75) is 90.2 Å². The molecule has 0 bridgehead atoms. The first-order valence-electron chi connectivity index (χ1n) is 13.1. The van der Waals surface area contributed by atoms with Crippen LogP contribution in [0.15, 0.2) is 18.2 Å². The largest absolute Gasteiger partial charge is 0.494 e. The third-order valence-corrected chi connectivity index (χ3v) is 7.75. The van der Waals surface area contributed by atoms with Crippen LogP contribution in [0, 0.1) is 5.41 Å². The highest BCUT2D eigenvalue weighted by molar-refractivity contribution is 5.94. The van der Waals surface area contributed by atoms with E-state index in [0.717, 1.165) is 30.6 Å². The lowest BCUT2D eigenvalue weighted by Gasteiger charge is -2.35. The van der Waals surface area contributed by atoms with Crippen molar-refractivity contribution < 1.29 is 23.9 Å². The molecule has 3 amide bonds. The molecular formula is C27H40N4O5. The highest BCUT2D eigenvalue weighted by atomic mass is 16.5. The molecule has 0 saturated carbocycles. The van der Waals surface area contributed by atoms with Crippen molar-refractivity contribution in [2.24, 2.45) is 5.41 Å². The molecule has 5 atom stereocenters. The Morgan fingerprint density at radius 2 is 2.00 bits per heavy atom. The van der Waals surface area contributed by atoms with Gasteiger partial charge in [-0.15, -0.1) is 0 Å². The van der Waals surface area contributed by atoms with E-state index in [-0.39, 0.29) is 23.8 Å². The van der Waals surface area contributed by atoms with E-state index in [1.807, 2.05) is 32.9 Å². The number of ether oxygens (including phenoxy) is 2. The van der Waals surface area contributed by atoms with E-state index in [2.05, 4.69) is 22.0 Å². The van der Waals surface area contributed by atoms with Gasteiger partial charge >= 0.3 is 0 Å². The van der Waals surface area contributed by atoms with Gasteiger partial charge in [-0.2, -0.15) is 0 Å². The monoisotopic (exact) mass is 500 g/mol. The molecule has 1 aromatic carbocycles. The fraction of sp³-hybridized carbons (Fsp3) is 0.667. The van der Waals surface area contributed by atoms with E-state index in [4.69, 9.17) is 9.47 Å². The lowest BCUT2D eigenvalue weighted by molar-refractivity contribution is -0.150. The van der Waals surface area contributed by atoms with Gasteiger partial charge in [-0.05, 0) is 75.3 Å². The molecule has 9 nitrogen and oxygen atoms in total. The number of carbonyl (C=O) groups excluding carboxylic acids is 3. The maximum atomic E-state index is 13.8. The summed E-state index contributed by atoms with van der Waals surface area (Å²) in [7, 11) is 1.70. The van der Waals surface area contributed by atoms with Gasteiger partial charge in [-0.1, -0.05) is 19.9 Å².